The van der Waals surface area contributed by atoms with Crippen molar-refractivity contribution in [2.24, 2.45) is 0 Å². The van der Waals surface area contributed by atoms with E-state index in [1.165, 1.54) is 12.1 Å². The van der Waals surface area contributed by atoms with E-state index < -0.39 is 23.2 Å². The van der Waals surface area contributed by atoms with Crippen LogP contribution in [0.4, 0.5) is 13.2 Å². The second kappa shape index (κ2) is 4.01. The zero-order chi connectivity index (χ0) is 12.6. The molecule has 17 heavy (non-hydrogen) atoms. The molecule has 0 spiro atoms. The molecule has 0 unspecified atom stereocenters. The quantitative estimate of drug-likeness (QED) is 0.803. The normalized spacial score (nSPS) is 10.5. The summed E-state index contributed by atoms with van der Waals surface area (Å²) in [6, 6.07) is 4.84. The van der Waals surface area contributed by atoms with Gasteiger partial charge in [0.05, 0.1) is 0 Å². The number of halogens is 3. The molecule has 0 saturated carbocycles. The Balaban J connectivity index is 2.61. The Morgan fingerprint density at radius 1 is 0.765 bits per heavy atom. The largest absolute Gasteiger partial charge is 0.508 e. The molecule has 5 heteroatoms. The Kier molecular flexibility index (Phi) is 2.67. The van der Waals surface area contributed by atoms with Gasteiger partial charge in [0.15, 0.2) is 17.4 Å². The van der Waals surface area contributed by atoms with E-state index in [9.17, 15) is 13.2 Å². The van der Waals surface area contributed by atoms with Crippen LogP contribution in [-0.2, 0) is 0 Å². The summed E-state index contributed by atoms with van der Waals surface area (Å²) in [7, 11) is 0. The molecule has 0 heterocycles. The first kappa shape index (κ1) is 11.3. The Bertz CT molecular complexity index is 559. The van der Waals surface area contributed by atoms with Crippen molar-refractivity contribution >= 4 is 0 Å². The number of hydrogen-bond acceptors (Lipinski definition) is 2. The van der Waals surface area contributed by atoms with Crippen molar-refractivity contribution < 1.29 is 23.4 Å². The average molecular weight is 240 g/mol. The van der Waals surface area contributed by atoms with Gasteiger partial charge in [0.25, 0.3) is 0 Å². The third-order valence-corrected chi connectivity index (χ3v) is 2.28. The van der Waals surface area contributed by atoms with Crippen molar-refractivity contribution in [2.45, 2.75) is 0 Å². The van der Waals surface area contributed by atoms with Gasteiger partial charge in [0.1, 0.15) is 11.6 Å². The summed E-state index contributed by atoms with van der Waals surface area (Å²) in [5.74, 6) is -4.55. The maximum absolute atomic E-state index is 13.4. The lowest BCUT2D eigenvalue weighted by Gasteiger charge is -2.06. The summed E-state index contributed by atoms with van der Waals surface area (Å²) in [6.07, 6.45) is 0. The molecule has 0 atom stereocenters. The number of phenolic OH excluding ortho intramolecular Hbond substituents is 2. The predicted octanol–water partition coefficient (Wildman–Crippen LogP) is 3.18. The third-order valence-electron chi connectivity index (χ3n) is 2.28. The summed E-state index contributed by atoms with van der Waals surface area (Å²) in [5, 5.41) is 17.9. The van der Waals surface area contributed by atoms with E-state index in [4.69, 9.17) is 10.2 Å². The molecule has 0 radical (unpaired) electrons. The predicted molar refractivity (Wildman–Crippen MR) is 55.1 cm³/mol. The van der Waals surface area contributed by atoms with Gasteiger partial charge >= 0.3 is 0 Å². The second-order valence-corrected chi connectivity index (χ2v) is 3.45. The monoisotopic (exact) mass is 240 g/mol. The number of rotatable bonds is 1. The first-order valence-electron chi connectivity index (χ1n) is 4.66. The van der Waals surface area contributed by atoms with Crippen molar-refractivity contribution in [2.75, 3.05) is 0 Å². The maximum Gasteiger partial charge on any atom is 0.187 e. The van der Waals surface area contributed by atoms with E-state index in [0.717, 1.165) is 18.2 Å². The van der Waals surface area contributed by atoms with E-state index in [-0.39, 0.29) is 16.9 Å². The summed E-state index contributed by atoms with van der Waals surface area (Å²) >= 11 is 0. The maximum atomic E-state index is 13.4. The van der Waals surface area contributed by atoms with Gasteiger partial charge in [0.2, 0.25) is 0 Å². The molecule has 0 amide bonds. The lowest BCUT2D eigenvalue weighted by atomic mass is 10.0. The van der Waals surface area contributed by atoms with Crippen LogP contribution in [0.3, 0.4) is 0 Å². The SMILES string of the molecule is Oc1ccc(-c2cc(F)c(O)c(F)c2)c(F)c1. The molecule has 0 bridgehead atoms. The summed E-state index contributed by atoms with van der Waals surface area (Å²) in [6.45, 7) is 0. The highest BCUT2D eigenvalue weighted by molar-refractivity contribution is 5.66. The number of benzene rings is 2. The van der Waals surface area contributed by atoms with Gasteiger partial charge in [-0.15, -0.1) is 0 Å². The van der Waals surface area contributed by atoms with Crippen LogP contribution < -0.4 is 0 Å². The van der Waals surface area contributed by atoms with Crippen LogP contribution in [0.5, 0.6) is 11.5 Å². The molecule has 88 valence electrons. The van der Waals surface area contributed by atoms with E-state index in [2.05, 4.69) is 0 Å². The van der Waals surface area contributed by atoms with Crippen LogP contribution in [0.25, 0.3) is 11.1 Å². The third kappa shape index (κ3) is 2.04. The molecule has 0 aromatic heterocycles. The van der Waals surface area contributed by atoms with Crippen molar-refractivity contribution in [1.82, 2.24) is 0 Å². The smallest absolute Gasteiger partial charge is 0.187 e. The second-order valence-electron chi connectivity index (χ2n) is 3.45. The molecule has 0 aliphatic carbocycles. The molecule has 2 aromatic carbocycles. The van der Waals surface area contributed by atoms with Crippen molar-refractivity contribution in [3.63, 3.8) is 0 Å². The first-order chi connectivity index (χ1) is 7.99. The van der Waals surface area contributed by atoms with Crippen LogP contribution in [0.15, 0.2) is 30.3 Å². The Morgan fingerprint density at radius 2 is 1.35 bits per heavy atom. The van der Waals surface area contributed by atoms with Crippen LogP contribution in [0.2, 0.25) is 0 Å². The molecule has 0 fully saturated rings. The molecule has 2 aromatic rings. The minimum atomic E-state index is -1.17. The van der Waals surface area contributed by atoms with Gasteiger partial charge in [0, 0.05) is 11.6 Å². The van der Waals surface area contributed by atoms with Gasteiger partial charge in [-0.25, -0.2) is 13.2 Å². The molecule has 2 rings (SSSR count). The minimum absolute atomic E-state index is 0.0599. The fraction of sp³-hybridized carbons (Fsp3) is 0. The lowest BCUT2D eigenvalue weighted by molar-refractivity contribution is 0.396. The summed E-state index contributed by atoms with van der Waals surface area (Å²) in [5.41, 5.74) is -0.129. The Labute approximate surface area is 94.6 Å². The summed E-state index contributed by atoms with van der Waals surface area (Å²) < 4.78 is 39.6. The van der Waals surface area contributed by atoms with Crippen molar-refractivity contribution in [3.05, 3.63) is 47.8 Å². The Hall–Kier alpha value is -2.17. The van der Waals surface area contributed by atoms with Gasteiger partial charge in [-0.3, -0.25) is 0 Å². The van der Waals surface area contributed by atoms with Gasteiger partial charge < -0.3 is 10.2 Å². The lowest BCUT2D eigenvalue weighted by Crippen LogP contribution is -1.89. The van der Waals surface area contributed by atoms with Crippen LogP contribution in [-0.4, -0.2) is 10.2 Å². The van der Waals surface area contributed by atoms with E-state index >= 15 is 0 Å². The highest BCUT2D eigenvalue weighted by Gasteiger charge is 2.13. The highest BCUT2D eigenvalue weighted by atomic mass is 19.1. The number of aromatic hydroxyl groups is 2. The standard InChI is InChI=1S/C12H7F3O2/c13-9-5-7(16)1-2-8(9)6-3-10(14)12(17)11(15)4-6/h1-5,16-17H. The van der Waals surface area contributed by atoms with E-state index in [0.29, 0.717) is 0 Å². The molecule has 2 nitrogen and oxygen atoms in total. The molecular formula is C12H7F3O2. The Morgan fingerprint density at radius 3 is 1.88 bits per heavy atom. The zero-order valence-corrected chi connectivity index (χ0v) is 8.42. The molecule has 0 aliphatic heterocycles. The van der Waals surface area contributed by atoms with Gasteiger partial charge in [-0.1, -0.05) is 0 Å². The zero-order valence-electron chi connectivity index (χ0n) is 8.42. The van der Waals surface area contributed by atoms with Gasteiger partial charge in [-0.05, 0) is 29.8 Å². The molecule has 2 N–H and O–H groups in total. The van der Waals surface area contributed by atoms with E-state index in [1.807, 2.05) is 0 Å². The minimum Gasteiger partial charge on any atom is -0.508 e. The van der Waals surface area contributed by atoms with Crippen LogP contribution >= 0.6 is 0 Å². The number of hydrogen-bond donors (Lipinski definition) is 2. The summed E-state index contributed by atoms with van der Waals surface area (Å²) in [4.78, 5) is 0. The fourth-order valence-corrected chi connectivity index (χ4v) is 1.46. The van der Waals surface area contributed by atoms with Crippen LogP contribution in [0.1, 0.15) is 0 Å². The molecule has 0 aliphatic rings. The highest BCUT2D eigenvalue weighted by Crippen LogP contribution is 2.30. The average Bonchev–Trinajstić information content (AvgIpc) is 2.25. The van der Waals surface area contributed by atoms with Crippen molar-refractivity contribution in [3.8, 4) is 22.6 Å². The first-order valence-corrected chi connectivity index (χ1v) is 4.66. The van der Waals surface area contributed by atoms with Crippen molar-refractivity contribution in [1.29, 1.82) is 0 Å². The number of phenols is 2. The van der Waals surface area contributed by atoms with E-state index in [1.54, 1.807) is 0 Å². The topological polar surface area (TPSA) is 40.5 Å². The van der Waals surface area contributed by atoms with Gasteiger partial charge in [-0.2, -0.15) is 0 Å². The molecule has 0 saturated heterocycles. The van der Waals surface area contributed by atoms with Crippen LogP contribution in [0, 0.1) is 17.5 Å². The molecular weight excluding hydrogens is 233 g/mol. The fourth-order valence-electron chi connectivity index (χ4n) is 1.46.